The van der Waals surface area contributed by atoms with Crippen molar-refractivity contribution in [3.63, 3.8) is 0 Å². The van der Waals surface area contributed by atoms with Gasteiger partial charge in [-0.2, -0.15) is 0 Å². The van der Waals surface area contributed by atoms with Crippen LogP contribution in [-0.4, -0.2) is 58.2 Å². The molecule has 3 unspecified atom stereocenters. The Labute approximate surface area is 157 Å². The average molecular weight is 459 g/mol. The van der Waals surface area contributed by atoms with Crippen molar-refractivity contribution in [2.24, 2.45) is 10.4 Å². The minimum atomic E-state index is -2.92. The van der Waals surface area contributed by atoms with Crippen LogP contribution in [0.1, 0.15) is 39.5 Å². The lowest BCUT2D eigenvalue weighted by Gasteiger charge is -2.28. The van der Waals surface area contributed by atoms with E-state index >= 15 is 0 Å². The van der Waals surface area contributed by atoms with Crippen LogP contribution in [0.2, 0.25) is 0 Å². The van der Waals surface area contributed by atoms with Gasteiger partial charge in [0, 0.05) is 19.8 Å². The van der Waals surface area contributed by atoms with Gasteiger partial charge in [0.15, 0.2) is 5.96 Å². The molecule has 136 valence electrons. The van der Waals surface area contributed by atoms with Gasteiger partial charge in [0.1, 0.15) is 9.84 Å². The summed E-state index contributed by atoms with van der Waals surface area (Å²) in [6.45, 7) is 4.82. The minimum Gasteiger partial charge on any atom is -0.373 e. The van der Waals surface area contributed by atoms with E-state index in [1.54, 1.807) is 7.05 Å². The van der Waals surface area contributed by atoms with E-state index in [4.69, 9.17) is 4.74 Å². The molecule has 0 radical (unpaired) electrons. The maximum Gasteiger partial charge on any atom is 0.191 e. The zero-order chi connectivity index (χ0) is 16.4. The van der Waals surface area contributed by atoms with Crippen LogP contribution >= 0.6 is 24.0 Å². The molecule has 2 rings (SSSR count). The minimum absolute atomic E-state index is 0. The molecule has 0 saturated carbocycles. The smallest absolute Gasteiger partial charge is 0.191 e. The van der Waals surface area contributed by atoms with E-state index in [2.05, 4.69) is 29.5 Å². The third kappa shape index (κ3) is 6.74. The lowest BCUT2D eigenvalue weighted by molar-refractivity contribution is 0.0992. The van der Waals surface area contributed by atoms with E-state index in [0.717, 1.165) is 18.8 Å². The standard InChI is InChI=1S/C15H29N3O3S.HI/c1-15(2,7-8-22(4,19)20)10-17-14(16-3)18-12-9-11-5-6-13(12)21-11;/h11-13H,5-10H2,1-4H3,(H2,16,17,18);1H. The first-order valence-electron chi connectivity index (χ1n) is 7.99. The summed E-state index contributed by atoms with van der Waals surface area (Å²) in [6.07, 6.45) is 5.97. The molecule has 2 N–H and O–H groups in total. The summed E-state index contributed by atoms with van der Waals surface area (Å²) in [4.78, 5) is 4.27. The molecule has 0 aromatic carbocycles. The van der Waals surface area contributed by atoms with Gasteiger partial charge in [-0.15, -0.1) is 24.0 Å². The Hall–Kier alpha value is -0.0900. The molecular formula is C15H30IN3O3S. The molecule has 2 bridgehead atoms. The summed E-state index contributed by atoms with van der Waals surface area (Å²) in [5, 5.41) is 6.76. The van der Waals surface area contributed by atoms with Crippen LogP contribution in [0.25, 0.3) is 0 Å². The van der Waals surface area contributed by atoms with Crippen LogP contribution in [0.5, 0.6) is 0 Å². The lowest BCUT2D eigenvalue weighted by Crippen LogP contribution is -2.49. The van der Waals surface area contributed by atoms with E-state index in [1.807, 2.05) is 0 Å². The summed E-state index contributed by atoms with van der Waals surface area (Å²) >= 11 is 0. The zero-order valence-corrected chi connectivity index (χ0v) is 17.6. The van der Waals surface area contributed by atoms with Gasteiger partial charge in [-0.25, -0.2) is 8.42 Å². The van der Waals surface area contributed by atoms with Crippen molar-refractivity contribution in [3.8, 4) is 0 Å². The Bertz CT molecular complexity index is 522. The molecule has 2 aliphatic rings. The molecule has 2 fully saturated rings. The molecular weight excluding hydrogens is 429 g/mol. The van der Waals surface area contributed by atoms with Crippen molar-refractivity contribution in [2.45, 2.75) is 57.8 Å². The summed E-state index contributed by atoms with van der Waals surface area (Å²) in [5.74, 6) is 0.988. The summed E-state index contributed by atoms with van der Waals surface area (Å²) < 4.78 is 28.5. The van der Waals surface area contributed by atoms with Crippen LogP contribution in [0.15, 0.2) is 4.99 Å². The fraction of sp³-hybridized carbons (Fsp3) is 0.933. The molecule has 23 heavy (non-hydrogen) atoms. The molecule has 2 aliphatic heterocycles. The largest absolute Gasteiger partial charge is 0.373 e. The molecule has 0 aromatic heterocycles. The number of aliphatic imine (C=N–C) groups is 1. The van der Waals surface area contributed by atoms with Crippen LogP contribution in [0, 0.1) is 5.41 Å². The Balaban J connectivity index is 0.00000264. The first kappa shape index (κ1) is 21.0. The molecule has 3 atom stereocenters. The van der Waals surface area contributed by atoms with Gasteiger partial charge in [0.05, 0.1) is 24.0 Å². The van der Waals surface area contributed by atoms with E-state index in [1.165, 1.54) is 12.7 Å². The number of guanidine groups is 1. The molecule has 2 saturated heterocycles. The van der Waals surface area contributed by atoms with Crippen molar-refractivity contribution >= 4 is 39.8 Å². The number of sulfone groups is 1. The highest BCUT2D eigenvalue weighted by molar-refractivity contribution is 14.0. The molecule has 0 spiro atoms. The Kier molecular flexibility index (Phi) is 7.59. The topological polar surface area (TPSA) is 79.8 Å². The number of ether oxygens (including phenoxy) is 1. The third-order valence-corrected chi connectivity index (χ3v) is 5.48. The first-order chi connectivity index (χ1) is 10.2. The second-order valence-corrected chi connectivity index (χ2v) is 9.59. The van der Waals surface area contributed by atoms with E-state index in [-0.39, 0.29) is 35.1 Å². The van der Waals surface area contributed by atoms with Gasteiger partial charge in [0.25, 0.3) is 0 Å². The number of hydrogen-bond acceptors (Lipinski definition) is 4. The molecule has 8 heteroatoms. The van der Waals surface area contributed by atoms with Crippen molar-refractivity contribution < 1.29 is 13.2 Å². The number of hydrogen-bond donors (Lipinski definition) is 2. The van der Waals surface area contributed by atoms with Crippen LogP contribution in [-0.2, 0) is 14.6 Å². The van der Waals surface area contributed by atoms with Crippen molar-refractivity contribution in [1.82, 2.24) is 10.6 Å². The summed E-state index contributed by atoms with van der Waals surface area (Å²) in [7, 11) is -1.16. The number of nitrogens with one attached hydrogen (secondary N) is 2. The lowest BCUT2D eigenvalue weighted by atomic mass is 9.90. The van der Waals surface area contributed by atoms with Crippen molar-refractivity contribution in [2.75, 3.05) is 25.6 Å². The van der Waals surface area contributed by atoms with Gasteiger partial charge in [0.2, 0.25) is 0 Å². The highest BCUT2D eigenvalue weighted by Crippen LogP contribution is 2.34. The van der Waals surface area contributed by atoms with Gasteiger partial charge in [-0.3, -0.25) is 4.99 Å². The second-order valence-electron chi connectivity index (χ2n) is 7.33. The Morgan fingerprint density at radius 2 is 2.04 bits per heavy atom. The molecule has 0 amide bonds. The van der Waals surface area contributed by atoms with Crippen LogP contribution in [0.4, 0.5) is 0 Å². The SMILES string of the molecule is CN=C(NCC(C)(C)CCS(C)(=O)=O)NC1CC2CCC1O2.I. The molecule has 6 nitrogen and oxygen atoms in total. The molecule has 2 heterocycles. The molecule has 0 aliphatic carbocycles. The Morgan fingerprint density at radius 1 is 1.35 bits per heavy atom. The first-order valence-corrected chi connectivity index (χ1v) is 10.0. The van der Waals surface area contributed by atoms with Crippen molar-refractivity contribution in [3.05, 3.63) is 0 Å². The fourth-order valence-electron chi connectivity index (χ4n) is 3.03. The van der Waals surface area contributed by atoms with E-state index in [9.17, 15) is 8.42 Å². The normalized spacial score (nSPS) is 27.7. The van der Waals surface area contributed by atoms with Crippen molar-refractivity contribution in [1.29, 1.82) is 0 Å². The number of rotatable bonds is 6. The quantitative estimate of drug-likeness (QED) is 0.358. The summed E-state index contributed by atoms with van der Waals surface area (Å²) in [5.41, 5.74) is -0.105. The Morgan fingerprint density at radius 3 is 2.52 bits per heavy atom. The van der Waals surface area contributed by atoms with Gasteiger partial charge < -0.3 is 15.4 Å². The maximum absolute atomic E-state index is 11.3. The second kappa shape index (κ2) is 8.33. The average Bonchev–Trinajstić information content (AvgIpc) is 3.03. The monoisotopic (exact) mass is 459 g/mol. The highest BCUT2D eigenvalue weighted by atomic mass is 127. The maximum atomic E-state index is 11.3. The summed E-state index contributed by atoms with van der Waals surface area (Å²) in [6, 6.07) is 0.337. The zero-order valence-electron chi connectivity index (χ0n) is 14.5. The predicted molar refractivity (Wildman–Crippen MR) is 104 cm³/mol. The highest BCUT2D eigenvalue weighted by Gasteiger charge is 2.41. The van der Waals surface area contributed by atoms with Gasteiger partial charge >= 0.3 is 0 Å². The third-order valence-electron chi connectivity index (χ3n) is 4.54. The predicted octanol–water partition coefficient (Wildman–Crippen LogP) is 1.55. The number of fused-ring (bicyclic) bond motifs is 2. The van der Waals surface area contributed by atoms with E-state index < -0.39 is 9.84 Å². The fourth-order valence-corrected chi connectivity index (χ4v) is 3.96. The number of nitrogens with zero attached hydrogens (tertiary/aromatic N) is 1. The van der Waals surface area contributed by atoms with Crippen LogP contribution < -0.4 is 10.6 Å². The van der Waals surface area contributed by atoms with Gasteiger partial charge in [-0.05, 0) is 31.1 Å². The molecule has 0 aromatic rings. The van der Waals surface area contributed by atoms with E-state index in [0.29, 0.717) is 31.2 Å². The number of halogens is 1. The van der Waals surface area contributed by atoms with Crippen LogP contribution in [0.3, 0.4) is 0 Å². The van der Waals surface area contributed by atoms with Gasteiger partial charge in [-0.1, -0.05) is 13.8 Å².